The largest absolute Gasteiger partial charge is 0.271 e. The van der Waals surface area contributed by atoms with Crippen LogP contribution in [0, 0.1) is 6.92 Å². The van der Waals surface area contributed by atoms with Gasteiger partial charge in [0.05, 0.1) is 22.3 Å². The number of rotatable bonds is 6. The standard InChI is InChI=1S/C15H16Cl2N6O2S/c1-3-22-8-14(10(2)19-22)26(24,25)21-15-18-9-23(20-15)7-11-4-5-12(16)13(17)6-11/h4-6,8-9H,3,7H2,1-2H3,(H,20,21). The van der Waals surface area contributed by atoms with Gasteiger partial charge in [-0.1, -0.05) is 29.3 Å². The van der Waals surface area contributed by atoms with E-state index >= 15 is 0 Å². The number of nitrogens with zero attached hydrogens (tertiary/aromatic N) is 5. The fourth-order valence-corrected chi connectivity index (χ4v) is 3.80. The van der Waals surface area contributed by atoms with Gasteiger partial charge in [-0.2, -0.15) is 10.1 Å². The third-order valence-electron chi connectivity index (χ3n) is 3.61. The van der Waals surface area contributed by atoms with Crippen LogP contribution >= 0.6 is 23.2 Å². The van der Waals surface area contributed by atoms with E-state index in [0.29, 0.717) is 28.8 Å². The molecule has 138 valence electrons. The first-order chi connectivity index (χ1) is 12.3. The van der Waals surface area contributed by atoms with Gasteiger partial charge in [0, 0.05) is 12.7 Å². The van der Waals surface area contributed by atoms with Crippen LogP contribution in [0.15, 0.2) is 35.6 Å². The summed E-state index contributed by atoms with van der Waals surface area (Å²) in [5.41, 5.74) is 1.27. The molecule has 0 radical (unpaired) electrons. The molecule has 0 spiro atoms. The minimum Gasteiger partial charge on any atom is -0.271 e. The molecule has 0 saturated heterocycles. The summed E-state index contributed by atoms with van der Waals surface area (Å²) < 4.78 is 30.5. The number of hydrogen-bond acceptors (Lipinski definition) is 5. The molecule has 0 atom stereocenters. The number of aromatic nitrogens is 5. The van der Waals surface area contributed by atoms with E-state index < -0.39 is 10.0 Å². The van der Waals surface area contributed by atoms with Crippen LogP contribution in [0.5, 0.6) is 0 Å². The van der Waals surface area contributed by atoms with E-state index in [0.717, 1.165) is 5.56 Å². The van der Waals surface area contributed by atoms with Gasteiger partial charge < -0.3 is 0 Å². The second-order valence-corrected chi connectivity index (χ2v) is 8.02. The third kappa shape index (κ3) is 4.00. The average molecular weight is 415 g/mol. The molecule has 1 aromatic carbocycles. The molecule has 0 aliphatic rings. The van der Waals surface area contributed by atoms with Crippen LogP contribution in [0.3, 0.4) is 0 Å². The van der Waals surface area contributed by atoms with E-state index in [4.69, 9.17) is 23.2 Å². The summed E-state index contributed by atoms with van der Waals surface area (Å²) in [6, 6.07) is 5.22. The minimum absolute atomic E-state index is 0.0197. The van der Waals surface area contributed by atoms with E-state index in [2.05, 4.69) is 19.9 Å². The number of halogens is 2. The molecule has 0 unspecified atom stereocenters. The van der Waals surface area contributed by atoms with Crippen LogP contribution in [0.4, 0.5) is 5.95 Å². The summed E-state index contributed by atoms with van der Waals surface area (Å²) in [5.74, 6) is -0.0197. The molecular formula is C15H16Cl2N6O2S. The lowest BCUT2D eigenvalue weighted by Gasteiger charge is -2.04. The van der Waals surface area contributed by atoms with Gasteiger partial charge in [0.15, 0.2) is 0 Å². The Hall–Kier alpha value is -2.10. The van der Waals surface area contributed by atoms with E-state index in [1.54, 1.807) is 23.7 Å². The molecule has 0 saturated carbocycles. The van der Waals surface area contributed by atoms with Crippen molar-refractivity contribution < 1.29 is 8.42 Å². The monoisotopic (exact) mass is 414 g/mol. The SMILES string of the molecule is CCn1cc(S(=O)(=O)Nc2ncn(Cc3ccc(Cl)c(Cl)c3)n2)c(C)n1. The van der Waals surface area contributed by atoms with E-state index in [-0.39, 0.29) is 10.8 Å². The Kier molecular flexibility index (Phi) is 5.22. The fourth-order valence-electron chi connectivity index (χ4n) is 2.34. The van der Waals surface area contributed by atoms with Crippen molar-refractivity contribution in [2.24, 2.45) is 0 Å². The minimum atomic E-state index is -3.82. The van der Waals surface area contributed by atoms with Gasteiger partial charge in [0.1, 0.15) is 11.2 Å². The molecule has 11 heteroatoms. The maximum absolute atomic E-state index is 12.5. The van der Waals surface area contributed by atoms with Gasteiger partial charge in [-0.15, -0.1) is 5.10 Å². The number of anilines is 1. The molecule has 0 bridgehead atoms. The predicted molar refractivity (Wildman–Crippen MR) is 99.0 cm³/mol. The van der Waals surface area contributed by atoms with Gasteiger partial charge in [-0.05, 0) is 31.5 Å². The van der Waals surface area contributed by atoms with E-state index in [9.17, 15) is 8.42 Å². The lowest BCUT2D eigenvalue weighted by molar-refractivity contribution is 0.599. The highest BCUT2D eigenvalue weighted by atomic mass is 35.5. The Balaban J connectivity index is 1.77. The first-order valence-corrected chi connectivity index (χ1v) is 9.92. The van der Waals surface area contributed by atoms with Crippen LogP contribution in [0.1, 0.15) is 18.2 Å². The second kappa shape index (κ2) is 7.26. The lowest BCUT2D eigenvalue weighted by atomic mass is 10.2. The Labute approximate surface area is 160 Å². The van der Waals surface area contributed by atoms with Gasteiger partial charge in [-0.25, -0.2) is 17.8 Å². The Morgan fingerprint density at radius 3 is 2.58 bits per heavy atom. The summed E-state index contributed by atoms with van der Waals surface area (Å²) in [6.07, 6.45) is 2.91. The first kappa shape index (κ1) is 18.7. The number of hydrogen-bond donors (Lipinski definition) is 1. The topological polar surface area (TPSA) is 94.7 Å². The average Bonchev–Trinajstić information content (AvgIpc) is 3.17. The first-order valence-electron chi connectivity index (χ1n) is 7.68. The van der Waals surface area contributed by atoms with Crippen molar-refractivity contribution in [3.05, 3.63) is 52.0 Å². The van der Waals surface area contributed by atoms with Crippen molar-refractivity contribution in [2.45, 2.75) is 31.8 Å². The Bertz CT molecular complexity index is 1040. The Morgan fingerprint density at radius 1 is 1.15 bits per heavy atom. The van der Waals surface area contributed by atoms with Crippen molar-refractivity contribution in [2.75, 3.05) is 4.72 Å². The third-order valence-corrected chi connectivity index (χ3v) is 5.78. The van der Waals surface area contributed by atoms with E-state index in [1.807, 2.05) is 13.0 Å². The van der Waals surface area contributed by atoms with Crippen molar-refractivity contribution in [1.29, 1.82) is 0 Å². The second-order valence-electron chi connectivity index (χ2n) is 5.55. The normalized spacial score (nSPS) is 11.7. The molecule has 2 heterocycles. The molecule has 3 aromatic rings. The van der Waals surface area contributed by atoms with Crippen LogP contribution < -0.4 is 4.72 Å². The molecule has 2 aromatic heterocycles. The number of nitrogens with one attached hydrogen (secondary N) is 1. The zero-order valence-electron chi connectivity index (χ0n) is 14.0. The van der Waals surface area contributed by atoms with Crippen molar-refractivity contribution in [1.82, 2.24) is 24.5 Å². The predicted octanol–water partition coefficient (Wildman–Crippen LogP) is 2.96. The van der Waals surface area contributed by atoms with Crippen molar-refractivity contribution >= 4 is 39.2 Å². The quantitative estimate of drug-likeness (QED) is 0.668. The molecule has 8 nitrogen and oxygen atoms in total. The number of benzene rings is 1. The van der Waals surface area contributed by atoms with Crippen LogP contribution in [-0.4, -0.2) is 33.0 Å². The summed E-state index contributed by atoms with van der Waals surface area (Å²) in [6.45, 7) is 4.46. The van der Waals surface area contributed by atoms with Crippen LogP contribution in [0.2, 0.25) is 10.0 Å². The maximum Gasteiger partial charge on any atom is 0.267 e. The molecule has 0 fully saturated rings. The maximum atomic E-state index is 12.5. The number of aryl methyl sites for hydroxylation is 2. The molecule has 0 amide bonds. The summed E-state index contributed by atoms with van der Waals surface area (Å²) in [5, 5.41) is 9.18. The van der Waals surface area contributed by atoms with Gasteiger partial charge >= 0.3 is 0 Å². The molecule has 0 aliphatic carbocycles. The molecular weight excluding hydrogens is 399 g/mol. The van der Waals surface area contributed by atoms with Gasteiger partial charge in [-0.3, -0.25) is 4.68 Å². The van der Waals surface area contributed by atoms with E-state index in [1.165, 1.54) is 17.2 Å². The lowest BCUT2D eigenvalue weighted by Crippen LogP contribution is -2.15. The highest BCUT2D eigenvalue weighted by Crippen LogP contribution is 2.23. The smallest absolute Gasteiger partial charge is 0.267 e. The van der Waals surface area contributed by atoms with Crippen molar-refractivity contribution in [3.8, 4) is 0 Å². The molecule has 3 rings (SSSR count). The Morgan fingerprint density at radius 2 is 1.92 bits per heavy atom. The zero-order chi connectivity index (χ0) is 18.9. The summed E-state index contributed by atoms with van der Waals surface area (Å²) in [4.78, 5) is 4.09. The highest BCUT2D eigenvalue weighted by Gasteiger charge is 2.22. The fraction of sp³-hybridized carbons (Fsp3) is 0.267. The zero-order valence-corrected chi connectivity index (χ0v) is 16.3. The summed E-state index contributed by atoms with van der Waals surface area (Å²) in [7, 11) is -3.82. The van der Waals surface area contributed by atoms with Crippen LogP contribution in [0.25, 0.3) is 0 Å². The molecule has 1 N–H and O–H groups in total. The molecule has 0 aliphatic heterocycles. The van der Waals surface area contributed by atoms with Crippen LogP contribution in [-0.2, 0) is 23.1 Å². The van der Waals surface area contributed by atoms with Crippen molar-refractivity contribution in [3.63, 3.8) is 0 Å². The molecule has 26 heavy (non-hydrogen) atoms. The number of sulfonamides is 1. The summed E-state index contributed by atoms with van der Waals surface area (Å²) >= 11 is 11.9. The van der Waals surface area contributed by atoms with Gasteiger partial charge in [0.25, 0.3) is 16.0 Å². The highest BCUT2D eigenvalue weighted by molar-refractivity contribution is 7.92. The van der Waals surface area contributed by atoms with Gasteiger partial charge in [0.2, 0.25) is 0 Å².